The van der Waals surface area contributed by atoms with E-state index in [0.717, 1.165) is 48.6 Å². The van der Waals surface area contributed by atoms with E-state index < -0.39 is 0 Å². The van der Waals surface area contributed by atoms with Crippen LogP contribution < -0.4 is 5.32 Å². The fourth-order valence-electron chi connectivity index (χ4n) is 3.73. The van der Waals surface area contributed by atoms with E-state index in [4.69, 9.17) is 0 Å². The number of likely N-dealkylation sites (tertiary alicyclic amines) is 1. The van der Waals surface area contributed by atoms with Gasteiger partial charge in [-0.1, -0.05) is 18.2 Å². The van der Waals surface area contributed by atoms with Crippen molar-refractivity contribution >= 4 is 18.3 Å². The molecule has 1 aromatic heterocycles. The van der Waals surface area contributed by atoms with Gasteiger partial charge >= 0.3 is 0 Å². The van der Waals surface area contributed by atoms with Gasteiger partial charge in [0, 0.05) is 36.2 Å². The van der Waals surface area contributed by atoms with Gasteiger partial charge in [-0.3, -0.25) is 4.79 Å². The van der Waals surface area contributed by atoms with Crippen molar-refractivity contribution in [2.45, 2.75) is 39.7 Å². The van der Waals surface area contributed by atoms with Gasteiger partial charge in [0.25, 0.3) is 5.91 Å². The van der Waals surface area contributed by atoms with Crippen molar-refractivity contribution in [2.24, 2.45) is 0 Å². The number of aromatic nitrogens is 1. The molecule has 1 saturated heterocycles. The summed E-state index contributed by atoms with van der Waals surface area (Å²) in [6.45, 7) is 7.88. The minimum absolute atomic E-state index is 0. The summed E-state index contributed by atoms with van der Waals surface area (Å²) in [5.41, 5.74) is 5.32. The Morgan fingerprint density at radius 3 is 2.60 bits per heavy atom. The van der Waals surface area contributed by atoms with Gasteiger partial charge in [0.1, 0.15) is 0 Å². The number of benzene rings is 1. The molecular weight excluding hydrogens is 334 g/mol. The summed E-state index contributed by atoms with van der Waals surface area (Å²) in [6.07, 6.45) is 2.20. The molecular formula is C20H28ClN3O. The molecule has 1 amide bonds. The molecule has 0 bridgehead atoms. The molecule has 1 aromatic carbocycles. The van der Waals surface area contributed by atoms with Gasteiger partial charge in [0.2, 0.25) is 0 Å². The standard InChI is InChI=1S/C20H27N3O.ClH/c1-14-8-5-6-10-19(14)23-15(2)12-18(16(23)3)20(24)22-11-7-9-17(13-22)21-4;/h5-6,8,10,12,17,21H,7,9,11,13H2,1-4H3;1H. The van der Waals surface area contributed by atoms with Crippen LogP contribution >= 0.6 is 12.4 Å². The predicted molar refractivity (Wildman–Crippen MR) is 105 cm³/mol. The molecule has 0 aliphatic carbocycles. The van der Waals surface area contributed by atoms with E-state index in [2.05, 4.69) is 35.9 Å². The molecule has 0 spiro atoms. The number of amides is 1. The number of carbonyl (C=O) groups excluding carboxylic acids is 1. The summed E-state index contributed by atoms with van der Waals surface area (Å²) in [5.74, 6) is 0.155. The monoisotopic (exact) mass is 361 g/mol. The molecule has 0 radical (unpaired) electrons. The van der Waals surface area contributed by atoms with E-state index >= 15 is 0 Å². The Labute approximate surface area is 156 Å². The quantitative estimate of drug-likeness (QED) is 0.906. The first-order chi connectivity index (χ1) is 11.5. The van der Waals surface area contributed by atoms with E-state index in [-0.39, 0.29) is 18.3 Å². The zero-order valence-electron chi connectivity index (χ0n) is 15.5. The van der Waals surface area contributed by atoms with Crippen molar-refractivity contribution in [3.63, 3.8) is 0 Å². The summed E-state index contributed by atoms with van der Waals surface area (Å²) in [7, 11) is 1.97. The zero-order chi connectivity index (χ0) is 17.3. The van der Waals surface area contributed by atoms with Gasteiger partial charge in [-0.15, -0.1) is 12.4 Å². The molecule has 5 heteroatoms. The minimum atomic E-state index is 0. The number of nitrogens with zero attached hydrogens (tertiary/aromatic N) is 2. The first-order valence-electron chi connectivity index (χ1n) is 8.74. The summed E-state index contributed by atoms with van der Waals surface area (Å²) >= 11 is 0. The highest BCUT2D eigenvalue weighted by atomic mass is 35.5. The highest BCUT2D eigenvalue weighted by Gasteiger charge is 2.26. The third-order valence-corrected chi connectivity index (χ3v) is 5.13. The van der Waals surface area contributed by atoms with Crippen LogP contribution in [0.25, 0.3) is 5.69 Å². The molecule has 1 aliphatic heterocycles. The van der Waals surface area contributed by atoms with Crippen LogP contribution in [0.3, 0.4) is 0 Å². The summed E-state index contributed by atoms with van der Waals surface area (Å²) in [5, 5.41) is 3.31. The first kappa shape index (κ1) is 19.5. The Morgan fingerprint density at radius 2 is 1.92 bits per heavy atom. The number of likely N-dealkylation sites (N-methyl/N-ethyl adjacent to an activating group) is 1. The number of hydrogen-bond acceptors (Lipinski definition) is 2. The van der Waals surface area contributed by atoms with Crippen molar-refractivity contribution in [1.82, 2.24) is 14.8 Å². The maximum absolute atomic E-state index is 13.0. The van der Waals surface area contributed by atoms with Crippen LogP contribution in [-0.2, 0) is 0 Å². The molecule has 0 saturated carbocycles. The topological polar surface area (TPSA) is 37.3 Å². The van der Waals surface area contributed by atoms with Crippen molar-refractivity contribution < 1.29 is 4.79 Å². The van der Waals surface area contributed by atoms with E-state index in [0.29, 0.717) is 6.04 Å². The lowest BCUT2D eigenvalue weighted by Gasteiger charge is -2.32. The number of halogens is 1. The van der Waals surface area contributed by atoms with Gasteiger partial charge in [0.15, 0.2) is 0 Å². The maximum Gasteiger partial charge on any atom is 0.255 e. The second-order valence-corrected chi connectivity index (χ2v) is 6.79. The largest absolute Gasteiger partial charge is 0.337 e. The highest BCUT2D eigenvalue weighted by Crippen LogP contribution is 2.25. The molecule has 1 fully saturated rings. The van der Waals surface area contributed by atoms with E-state index in [1.807, 2.05) is 37.1 Å². The number of piperidine rings is 1. The number of carbonyl (C=O) groups is 1. The van der Waals surface area contributed by atoms with Crippen molar-refractivity contribution in [3.05, 3.63) is 52.8 Å². The third-order valence-electron chi connectivity index (χ3n) is 5.13. The fraction of sp³-hybridized carbons (Fsp3) is 0.450. The van der Waals surface area contributed by atoms with Gasteiger partial charge in [-0.25, -0.2) is 0 Å². The fourth-order valence-corrected chi connectivity index (χ4v) is 3.73. The molecule has 25 heavy (non-hydrogen) atoms. The lowest BCUT2D eigenvalue weighted by molar-refractivity contribution is 0.0697. The van der Waals surface area contributed by atoms with E-state index in [1.54, 1.807) is 0 Å². The second-order valence-electron chi connectivity index (χ2n) is 6.79. The van der Waals surface area contributed by atoms with E-state index in [9.17, 15) is 4.79 Å². The number of aryl methyl sites for hydroxylation is 2. The molecule has 136 valence electrons. The van der Waals surface area contributed by atoms with Crippen molar-refractivity contribution in [2.75, 3.05) is 20.1 Å². The number of nitrogens with one attached hydrogen (secondary N) is 1. The molecule has 1 unspecified atom stereocenters. The second kappa shape index (κ2) is 8.07. The Hall–Kier alpha value is -1.78. The lowest BCUT2D eigenvalue weighted by atomic mass is 10.0. The van der Waals surface area contributed by atoms with E-state index in [1.165, 1.54) is 5.56 Å². The van der Waals surface area contributed by atoms with Crippen LogP contribution in [0.2, 0.25) is 0 Å². The summed E-state index contributed by atoms with van der Waals surface area (Å²) in [6, 6.07) is 10.8. The number of para-hydroxylation sites is 1. The van der Waals surface area contributed by atoms with Crippen molar-refractivity contribution in [3.8, 4) is 5.69 Å². The van der Waals surface area contributed by atoms with Crippen LogP contribution in [0.5, 0.6) is 0 Å². The van der Waals surface area contributed by atoms with Gasteiger partial charge < -0.3 is 14.8 Å². The number of rotatable bonds is 3. The minimum Gasteiger partial charge on any atom is -0.337 e. The highest BCUT2D eigenvalue weighted by molar-refractivity contribution is 5.96. The Balaban J connectivity index is 0.00000225. The Bertz CT molecular complexity index is 753. The summed E-state index contributed by atoms with van der Waals surface area (Å²) < 4.78 is 2.20. The SMILES string of the molecule is CNC1CCCN(C(=O)c2cc(C)n(-c3ccccc3C)c2C)C1.Cl. The smallest absolute Gasteiger partial charge is 0.255 e. The Kier molecular flexibility index (Phi) is 6.31. The molecule has 2 heterocycles. The molecule has 2 aromatic rings. The molecule has 1 atom stereocenters. The van der Waals surface area contributed by atoms with Crippen molar-refractivity contribution in [1.29, 1.82) is 0 Å². The zero-order valence-corrected chi connectivity index (χ0v) is 16.3. The van der Waals surface area contributed by atoms with Gasteiger partial charge in [0.05, 0.1) is 5.56 Å². The molecule has 4 nitrogen and oxygen atoms in total. The third kappa shape index (κ3) is 3.75. The van der Waals surface area contributed by atoms with Crippen LogP contribution in [0.4, 0.5) is 0 Å². The maximum atomic E-state index is 13.0. The Morgan fingerprint density at radius 1 is 1.20 bits per heavy atom. The normalized spacial score (nSPS) is 17.3. The van der Waals surface area contributed by atoms with Gasteiger partial charge in [-0.2, -0.15) is 0 Å². The molecule has 1 aliphatic rings. The molecule has 3 rings (SSSR count). The van der Waals surface area contributed by atoms with Gasteiger partial charge in [-0.05, 0) is 58.4 Å². The average molecular weight is 362 g/mol. The van der Waals surface area contributed by atoms with Crippen LogP contribution in [-0.4, -0.2) is 41.6 Å². The average Bonchev–Trinajstić information content (AvgIpc) is 2.89. The lowest BCUT2D eigenvalue weighted by Crippen LogP contribution is -2.47. The predicted octanol–water partition coefficient (Wildman–Crippen LogP) is 3.65. The summed E-state index contributed by atoms with van der Waals surface area (Å²) in [4.78, 5) is 15.0. The van der Waals surface area contributed by atoms with Crippen LogP contribution in [0, 0.1) is 20.8 Å². The molecule has 1 N–H and O–H groups in total. The first-order valence-corrected chi connectivity index (χ1v) is 8.74. The van der Waals surface area contributed by atoms with Crippen LogP contribution in [0.15, 0.2) is 30.3 Å². The van der Waals surface area contributed by atoms with Crippen LogP contribution in [0.1, 0.15) is 40.2 Å². The number of hydrogen-bond donors (Lipinski definition) is 1.